The highest BCUT2D eigenvalue weighted by molar-refractivity contribution is 7.10. The highest BCUT2D eigenvalue weighted by atomic mass is 32.1. The molecular weight excluding hydrogens is 234 g/mol. The molecule has 0 saturated carbocycles. The lowest BCUT2D eigenvalue weighted by atomic mass is 10.1. The number of nitrogens with two attached hydrogens (primary N) is 1. The summed E-state index contributed by atoms with van der Waals surface area (Å²) in [6.07, 6.45) is -0.329. The topological polar surface area (TPSA) is 62.3 Å². The number of morpholine rings is 1. The van der Waals surface area contributed by atoms with Crippen LogP contribution in [0.1, 0.15) is 17.8 Å². The van der Waals surface area contributed by atoms with Gasteiger partial charge in [-0.15, -0.1) is 11.3 Å². The Morgan fingerprint density at radius 3 is 3.12 bits per heavy atom. The zero-order valence-electron chi connectivity index (χ0n) is 9.87. The number of nitrogens with zero attached hydrogens (tertiary/aromatic N) is 2. The van der Waals surface area contributed by atoms with E-state index in [1.807, 2.05) is 13.0 Å². The van der Waals surface area contributed by atoms with Gasteiger partial charge in [0.25, 0.3) is 0 Å². The van der Waals surface area contributed by atoms with Crippen LogP contribution in [0.25, 0.3) is 0 Å². The summed E-state index contributed by atoms with van der Waals surface area (Å²) in [5.41, 5.74) is 6.09. The molecule has 2 heterocycles. The second kappa shape index (κ2) is 5.61. The third kappa shape index (κ3) is 2.85. The summed E-state index contributed by atoms with van der Waals surface area (Å²) in [4.78, 5) is 3.52. The second-order valence-corrected chi connectivity index (χ2v) is 5.28. The van der Waals surface area contributed by atoms with Crippen LogP contribution in [0.5, 0.6) is 0 Å². The standard InChI is InChI=1S/C12H17N3OS/c1-9(14)12(11-3-2-6-17-11)15-4-5-16-10(7-13)8-15/h2-3,6,9-10,12H,4-5,8,14H2,1H3. The molecule has 1 aliphatic rings. The van der Waals surface area contributed by atoms with E-state index >= 15 is 0 Å². The van der Waals surface area contributed by atoms with Crippen LogP contribution in [-0.4, -0.2) is 36.7 Å². The number of rotatable bonds is 3. The molecule has 0 aromatic carbocycles. The monoisotopic (exact) mass is 251 g/mol. The van der Waals surface area contributed by atoms with Crippen molar-refractivity contribution < 1.29 is 4.74 Å². The van der Waals surface area contributed by atoms with Gasteiger partial charge >= 0.3 is 0 Å². The second-order valence-electron chi connectivity index (χ2n) is 4.30. The molecule has 5 heteroatoms. The zero-order valence-corrected chi connectivity index (χ0v) is 10.7. The van der Waals surface area contributed by atoms with Gasteiger partial charge in [-0.2, -0.15) is 5.26 Å². The molecule has 3 unspecified atom stereocenters. The third-order valence-corrected chi connectivity index (χ3v) is 3.91. The minimum absolute atomic E-state index is 0.0473. The van der Waals surface area contributed by atoms with Crippen LogP contribution < -0.4 is 5.73 Å². The molecule has 3 atom stereocenters. The molecule has 17 heavy (non-hydrogen) atoms. The fraction of sp³-hybridized carbons (Fsp3) is 0.583. The SMILES string of the molecule is CC(N)C(c1cccs1)N1CCOC(C#N)C1. The first kappa shape index (κ1) is 12.5. The molecule has 0 radical (unpaired) electrons. The van der Waals surface area contributed by atoms with E-state index in [0.29, 0.717) is 13.2 Å². The molecule has 1 aliphatic heterocycles. The van der Waals surface area contributed by atoms with Gasteiger partial charge in [0.05, 0.1) is 18.7 Å². The molecule has 0 aliphatic carbocycles. The van der Waals surface area contributed by atoms with Crippen LogP contribution in [0.15, 0.2) is 17.5 Å². The molecule has 0 spiro atoms. The van der Waals surface area contributed by atoms with Crippen LogP contribution in [0.4, 0.5) is 0 Å². The molecule has 1 aromatic heterocycles. The van der Waals surface area contributed by atoms with Crippen LogP contribution in [0.2, 0.25) is 0 Å². The van der Waals surface area contributed by atoms with Crippen LogP contribution in [0, 0.1) is 11.3 Å². The Hall–Kier alpha value is -0.930. The van der Waals surface area contributed by atoms with Gasteiger partial charge in [0.15, 0.2) is 6.10 Å². The van der Waals surface area contributed by atoms with Gasteiger partial charge in [-0.05, 0) is 18.4 Å². The van der Waals surface area contributed by atoms with Crippen molar-refractivity contribution in [2.45, 2.75) is 25.1 Å². The lowest BCUT2D eigenvalue weighted by molar-refractivity contribution is -0.0204. The number of ether oxygens (including phenoxy) is 1. The molecule has 2 N–H and O–H groups in total. The van der Waals surface area contributed by atoms with E-state index in [1.165, 1.54) is 4.88 Å². The molecule has 0 bridgehead atoms. The van der Waals surface area contributed by atoms with Gasteiger partial charge in [0, 0.05) is 24.0 Å². The van der Waals surface area contributed by atoms with E-state index in [4.69, 9.17) is 15.7 Å². The predicted molar refractivity (Wildman–Crippen MR) is 67.6 cm³/mol. The first-order chi connectivity index (χ1) is 8.22. The molecule has 4 nitrogen and oxygen atoms in total. The molecular formula is C12H17N3OS. The van der Waals surface area contributed by atoms with Crippen LogP contribution >= 0.6 is 11.3 Å². The number of thiophene rings is 1. The first-order valence-corrected chi connectivity index (χ1v) is 6.64. The van der Waals surface area contributed by atoms with Crippen molar-refractivity contribution in [1.82, 2.24) is 4.90 Å². The van der Waals surface area contributed by atoms with E-state index in [-0.39, 0.29) is 18.2 Å². The van der Waals surface area contributed by atoms with Gasteiger partial charge < -0.3 is 10.5 Å². The Bertz CT molecular complexity index is 385. The fourth-order valence-corrected chi connectivity index (χ4v) is 3.21. The fourth-order valence-electron chi connectivity index (χ4n) is 2.23. The van der Waals surface area contributed by atoms with Gasteiger partial charge in [0.2, 0.25) is 0 Å². The van der Waals surface area contributed by atoms with Crippen molar-refractivity contribution in [3.05, 3.63) is 22.4 Å². The highest BCUT2D eigenvalue weighted by Crippen LogP contribution is 2.28. The molecule has 1 aromatic rings. The maximum absolute atomic E-state index is 8.93. The third-order valence-electron chi connectivity index (χ3n) is 2.97. The largest absolute Gasteiger partial charge is 0.361 e. The number of hydrogen-bond acceptors (Lipinski definition) is 5. The molecule has 92 valence electrons. The molecule has 1 fully saturated rings. The van der Waals surface area contributed by atoms with Crippen LogP contribution in [0.3, 0.4) is 0 Å². The molecule has 1 saturated heterocycles. The van der Waals surface area contributed by atoms with Crippen molar-refractivity contribution >= 4 is 11.3 Å². The van der Waals surface area contributed by atoms with Gasteiger partial charge in [-0.1, -0.05) is 6.07 Å². The van der Waals surface area contributed by atoms with E-state index < -0.39 is 0 Å². The Labute approximate surface area is 106 Å². The Morgan fingerprint density at radius 1 is 1.71 bits per heavy atom. The lowest BCUT2D eigenvalue weighted by Crippen LogP contribution is -2.48. The van der Waals surface area contributed by atoms with Crippen LogP contribution in [-0.2, 0) is 4.74 Å². The highest BCUT2D eigenvalue weighted by Gasteiger charge is 2.30. The maximum Gasteiger partial charge on any atom is 0.156 e. The summed E-state index contributed by atoms with van der Waals surface area (Å²) in [6, 6.07) is 6.55. The predicted octanol–water partition coefficient (Wildman–Crippen LogP) is 1.36. The summed E-state index contributed by atoms with van der Waals surface area (Å²) >= 11 is 1.72. The summed E-state index contributed by atoms with van der Waals surface area (Å²) in [5, 5.41) is 11.0. The summed E-state index contributed by atoms with van der Waals surface area (Å²) in [6.45, 7) is 4.09. The van der Waals surface area contributed by atoms with Crippen molar-refractivity contribution in [1.29, 1.82) is 5.26 Å². The van der Waals surface area contributed by atoms with E-state index in [2.05, 4.69) is 22.4 Å². The lowest BCUT2D eigenvalue weighted by Gasteiger charge is -2.37. The minimum atomic E-state index is -0.329. The quantitative estimate of drug-likeness (QED) is 0.881. The van der Waals surface area contributed by atoms with Crippen molar-refractivity contribution in [2.75, 3.05) is 19.7 Å². The maximum atomic E-state index is 8.93. The van der Waals surface area contributed by atoms with Crippen molar-refractivity contribution in [3.63, 3.8) is 0 Å². The van der Waals surface area contributed by atoms with E-state index in [0.717, 1.165) is 6.54 Å². The average molecular weight is 251 g/mol. The average Bonchev–Trinajstić information content (AvgIpc) is 2.83. The number of hydrogen-bond donors (Lipinski definition) is 1. The van der Waals surface area contributed by atoms with Crippen molar-refractivity contribution in [2.24, 2.45) is 5.73 Å². The smallest absolute Gasteiger partial charge is 0.156 e. The van der Waals surface area contributed by atoms with Crippen molar-refractivity contribution in [3.8, 4) is 6.07 Å². The molecule has 2 rings (SSSR count). The minimum Gasteiger partial charge on any atom is -0.361 e. The van der Waals surface area contributed by atoms with Gasteiger partial charge in [-0.3, -0.25) is 4.90 Å². The first-order valence-electron chi connectivity index (χ1n) is 5.76. The summed E-state index contributed by atoms with van der Waals surface area (Å²) in [5.74, 6) is 0. The summed E-state index contributed by atoms with van der Waals surface area (Å²) in [7, 11) is 0. The Kier molecular flexibility index (Phi) is 4.13. The zero-order chi connectivity index (χ0) is 12.3. The Morgan fingerprint density at radius 2 is 2.53 bits per heavy atom. The van der Waals surface area contributed by atoms with Gasteiger partial charge in [-0.25, -0.2) is 0 Å². The normalized spacial score (nSPS) is 25.1. The van der Waals surface area contributed by atoms with Gasteiger partial charge in [0.1, 0.15) is 0 Å². The van der Waals surface area contributed by atoms with E-state index in [1.54, 1.807) is 11.3 Å². The summed E-state index contributed by atoms with van der Waals surface area (Å²) < 4.78 is 5.36. The Balaban J connectivity index is 2.14. The number of nitriles is 1. The van der Waals surface area contributed by atoms with E-state index in [9.17, 15) is 0 Å². The molecule has 0 amide bonds.